The zero-order valence-corrected chi connectivity index (χ0v) is 10.9. The van der Waals surface area contributed by atoms with Gasteiger partial charge in [0, 0.05) is 0 Å². The molecule has 0 bridgehead atoms. The Morgan fingerprint density at radius 3 is 2.64 bits per heavy atom. The molecule has 0 amide bonds. The summed E-state index contributed by atoms with van der Waals surface area (Å²) in [4.78, 5) is 0. The van der Waals surface area contributed by atoms with E-state index in [1.807, 2.05) is 18.2 Å². The van der Waals surface area contributed by atoms with Crippen molar-refractivity contribution in [3.05, 3.63) is 42.5 Å². The van der Waals surface area contributed by atoms with Crippen LogP contribution in [0.3, 0.4) is 0 Å². The predicted octanol–water partition coefficient (Wildman–Crippen LogP) is 1.96. The number of phenols is 1. The molecule has 0 saturated heterocycles. The first-order chi connectivity index (χ1) is 4.84. The average Bonchev–Trinajstić information content (AvgIpc) is 1.94. The van der Waals surface area contributed by atoms with E-state index in [9.17, 15) is 5.11 Å². The summed E-state index contributed by atoms with van der Waals surface area (Å²) in [6, 6.07) is 7.27. The smallest absolute Gasteiger partial charge is 1.00 e. The minimum absolute atomic E-state index is 0. The van der Waals surface area contributed by atoms with Gasteiger partial charge in [-0.25, -0.2) is 0 Å². The van der Waals surface area contributed by atoms with Crippen LogP contribution < -0.4 is 0 Å². The van der Waals surface area contributed by atoms with Crippen LogP contribution in [0.2, 0.25) is 0 Å². The summed E-state index contributed by atoms with van der Waals surface area (Å²) < 4.78 is 0. The van der Waals surface area contributed by atoms with Crippen LogP contribution in [0.4, 0.5) is 0 Å². The van der Waals surface area contributed by atoms with E-state index in [1.165, 1.54) is 0 Å². The van der Waals surface area contributed by atoms with Gasteiger partial charge in [-0.15, -0.1) is 6.58 Å². The molecule has 56 valence electrons. The number of rotatable bonds is 2. The molecule has 0 aromatic heterocycles. The second kappa shape index (κ2) is 5.92. The van der Waals surface area contributed by atoms with Gasteiger partial charge < -0.3 is 7.96 Å². The zero-order chi connectivity index (χ0) is 7.40. The van der Waals surface area contributed by atoms with Gasteiger partial charge >= 0.3 is 48.9 Å². The molecule has 2 heteroatoms. The Hall–Kier alpha value is 0.331. The molecule has 0 heterocycles. The number of phenolic OH excluding ortho intramolecular Hbond substituents is 1. The monoisotopic (exact) mass is 274 g/mol. The third-order valence-corrected chi connectivity index (χ3v) is 1.36. The van der Waals surface area contributed by atoms with Crippen LogP contribution in [0.25, 0.3) is 0 Å². The van der Waals surface area contributed by atoms with E-state index in [2.05, 4.69) is 6.58 Å². The predicted molar refractivity (Wildman–Crippen MR) is 50.0 cm³/mol. The molecule has 0 aliphatic carbocycles. The fraction of sp³-hybridized carbons (Fsp3) is 0.111. The third kappa shape index (κ3) is 3.49. The van der Waals surface area contributed by atoms with Crippen LogP contribution in [-0.4, -0.2) is 54.0 Å². The second-order valence-corrected chi connectivity index (χ2v) is 2.12. The Kier molecular flexibility index (Phi) is 6.09. The Bertz CT molecular complexity index is 241. The number of aromatic hydroxyl groups is 1. The van der Waals surface area contributed by atoms with Gasteiger partial charge in [0.05, 0.1) is 0 Å². The maximum Gasteiger partial charge on any atom is 2.00 e. The molecule has 11 heavy (non-hydrogen) atoms. The van der Waals surface area contributed by atoms with Gasteiger partial charge in [0.15, 0.2) is 0 Å². The van der Waals surface area contributed by atoms with E-state index < -0.39 is 0 Å². The van der Waals surface area contributed by atoms with Crippen molar-refractivity contribution in [3.8, 4) is 5.75 Å². The standard InChI is InChI=1S/C9H10O.Ba.2H/c1-2-5-8-6-3-4-7-9(8)10;;;/h2-4,6-7,10H,1,5H2;;;/q;+2;2*-1. The first-order valence-corrected chi connectivity index (χ1v) is 3.22. The summed E-state index contributed by atoms with van der Waals surface area (Å²) >= 11 is 0. The molecular formula is C9H12BaO. The molecule has 1 N–H and O–H groups in total. The molecule has 1 nitrogen and oxygen atoms in total. The van der Waals surface area contributed by atoms with E-state index in [0.717, 1.165) is 12.0 Å². The summed E-state index contributed by atoms with van der Waals surface area (Å²) in [5, 5.41) is 9.19. The summed E-state index contributed by atoms with van der Waals surface area (Å²) in [6.07, 6.45) is 2.50. The number of hydrogen-bond acceptors (Lipinski definition) is 1. The summed E-state index contributed by atoms with van der Waals surface area (Å²) in [6.45, 7) is 3.59. The molecule has 0 spiro atoms. The van der Waals surface area contributed by atoms with Crippen LogP contribution in [0.1, 0.15) is 8.42 Å². The summed E-state index contributed by atoms with van der Waals surface area (Å²) in [5.41, 5.74) is 0.928. The Labute approximate surface area is 110 Å². The van der Waals surface area contributed by atoms with Crippen molar-refractivity contribution < 1.29 is 7.96 Å². The maximum atomic E-state index is 9.19. The molecule has 1 aromatic rings. The fourth-order valence-electron chi connectivity index (χ4n) is 0.839. The number of allylic oxidation sites excluding steroid dienone is 1. The molecule has 1 rings (SSSR count). The van der Waals surface area contributed by atoms with Crippen LogP contribution >= 0.6 is 0 Å². The number of hydrogen-bond donors (Lipinski definition) is 1. The average molecular weight is 274 g/mol. The largest absolute Gasteiger partial charge is 2.00 e. The Balaban J connectivity index is -0.000000333. The minimum atomic E-state index is 0. The molecule has 0 saturated carbocycles. The fourth-order valence-corrected chi connectivity index (χ4v) is 0.839. The van der Waals surface area contributed by atoms with E-state index in [4.69, 9.17) is 0 Å². The Morgan fingerprint density at radius 2 is 2.09 bits per heavy atom. The van der Waals surface area contributed by atoms with Crippen molar-refractivity contribution in [1.82, 2.24) is 0 Å². The molecule has 0 aliphatic heterocycles. The Morgan fingerprint density at radius 1 is 1.45 bits per heavy atom. The van der Waals surface area contributed by atoms with Gasteiger partial charge in [-0.2, -0.15) is 0 Å². The molecule has 1 aromatic carbocycles. The van der Waals surface area contributed by atoms with Crippen molar-refractivity contribution in [2.75, 3.05) is 0 Å². The molecule has 0 radical (unpaired) electrons. The second-order valence-electron chi connectivity index (χ2n) is 2.12. The van der Waals surface area contributed by atoms with Gasteiger partial charge in [0.25, 0.3) is 0 Å². The first-order valence-electron chi connectivity index (χ1n) is 3.22. The number of benzene rings is 1. The molecule has 0 aliphatic rings. The molecule has 0 unspecified atom stereocenters. The quantitative estimate of drug-likeness (QED) is 0.645. The first kappa shape index (κ1) is 11.3. The van der Waals surface area contributed by atoms with Gasteiger partial charge in [-0.1, -0.05) is 24.3 Å². The van der Waals surface area contributed by atoms with Crippen LogP contribution in [0.5, 0.6) is 5.75 Å². The van der Waals surface area contributed by atoms with Crippen molar-refractivity contribution in [3.63, 3.8) is 0 Å². The minimum Gasteiger partial charge on any atom is -1.00 e. The van der Waals surface area contributed by atoms with E-state index in [1.54, 1.807) is 12.1 Å². The molecular weight excluding hydrogens is 261 g/mol. The van der Waals surface area contributed by atoms with Gasteiger partial charge in [-0.05, 0) is 18.1 Å². The normalized spacial score (nSPS) is 8.36. The summed E-state index contributed by atoms with van der Waals surface area (Å²) in [7, 11) is 0. The van der Waals surface area contributed by atoms with Crippen molar-refractivity contribution in [2.24, 2.45) is 0 Å². The van der Waals surface area contributed by atoms with Crippen molar-refractivity contribution >= 4 is 48.9 Å². The molecule has 0 fully saturated rings. The third-order valence-electron chi connectivity index (χ3n) is 1.36. The van der Waals surface area contributed by atoms with E-state index >= 15 is 0 Å². The topological polar surface area (TPSA) is 20.2 Å². The summed E-state index contributed by atoms with van der Waals surface area (Å²) in [5.74, 6) is 0.349. The molecule has 0 atom stereocenters. The van der Waals surface area contributed by atoms with Crippen molar-refractivity contribution in [2.45, 2.75) is 6.42 Å². The zero-order valence-electron chi connectivity index (χ0n) is 8.46. The van der Waals surface area contributed by atoms with Crippen molar-refractivity contribution in [1.29, 1.82) is 0 Å². The van der Waals surface area contributed by atoms with Gasteiger partial charge in [0.2, 0.25) is 0 Å². The van der Waals surface area contributed by atoms with Crippen LogP contribution in [-0.2, 0) is 6.42 Å². The van der Waals surface area contributed by atoms with E-state index in [0.29, 0.717) is 5.75 Å². The van der Waals surface area contributed by atoms with Crippen LogP contribution in [0, 0.1) is 0 Å². The van der Waals surface area contributed by atoms with E-state index in [-0.39, 0.29) is 51.7 Å². The van der Waals surface area contributed by atoms with Crippen LogP contribution in [0.15, 0.2) is 36.9 Å². The van der Waals surface area contributed by atoms with Gasteiger partial charge in [-0.3, -0.25) is 0 Å². The SMILES string of the molecule is C=CCc1ccccc1O.[Ba+2].[H-].[H-]. The maximum absolute atomic E-state index is 9.19. The van der Waals surface area contributed by atoms with Gasteiger partial charge in [0.1, 0.15) is 5.75 Å². The number of para-hydroxylation sites is 1.